The smallest absolute Gasteiger partial charge is 0.294 e. The first kappa shape index (κ1) is 15.9. The molecule has 2 aliphatic rings. The Labute approximate surface area is 136 Å². The molecule has 23 heavy (non-hydrogen) atoms. The van der Waals surface area contributed by atoms with Gasteiger partial charge >= 0.3 is 10.1 Å². The number of hydrogen-bond donors (Lipinski definition) is 0. The first-order valence-corrected chi connectivity index (χ1v) is 8.86. The molecule has 0 unspecified atom stereocenters. The third kappa shape index (κ3) is 2.61. The molecular formula is C17H19NO4S. The molecule has 0 aliphatic heterocycles. The zero-order chi connectivity index (χ0) is 17.0. The molecule has 2 aliphatic carbocycles. The van der Waals surface area contributed by atoms with E-state index in [9.17, 15) is 13.2 Å². The molecule has 3 rings (SSSR count). The minimum absolute atomic E-state index is 0.0617. The van der Waals surface area contributed by atoms with Crippen LogP contribution >= 0.6 is 0 Å². The predicted octanol–water partition coefficient (Wildman–Crippen LogP) is 2.86. The summed E-state index contributed by atoms with van der Waals surface area (Å²) in [6, 6.07) is 6.37. The number of Topliss-reactive ketones (excluding diaryl/α,β-unsaturated/α-hetero) is 1. The van der Waals surface area contributed by atoms with E-state index in [1.165, 1.54) is 12.1 Å². The summed E-state index contributed by atoms with van der Waals surface area (Å²) in [6.07, 6.45) is 1.63. The van der Waals surface area contributed by atoms with Gasteiger partial charge in [0.1, 0.15) is 4.90 Å². The van der Waals surface area contributed by atoms with E-state index in [1.54, 1.807) is 25.1 Å². The highest BCUT2D eigenvalue weighted by molar-refractivity contribution is 7.86. The number of allylic oxidation sites excluding steroid dienone is 2. The molecule has 0 amide bonds. The number of fused-ring (bicyclic) bond motifs is 1. The zero-order valence-corrected chi connectivity index (χ0v) is 14.3. The van der Waals surface area contributed by atoms with Gasteiger partial charge in [-0.3, -0.25) is 9.08 Å². The Kier molecular flexibility index (Phi) is 3.48. The molecule has 0 aromatic heterocycles. The lowest BCUT2D eigenvalue weighted by molar-refractivity contribution is -0.117. The van der Waals surface area contributed by atoms with Crippen LogP contribution in [0.25, 0.3) is 0 Å². The van der Waals surface area contributed by atoms with E-state index in [2.05, 4.69) is 5.16 Å². The average Bonchev–Trinajstić information content (AvgIpc) is 3.05. The van der Waals surface area contributed by atoms with Gasteiger partial charge in [-0.15, -0.1) is 0 Å². The minimum Gasteiger partial charge on any atom is -0.294 e. The van der Waals surface area contributed by atoms with Gasteiger partial charge in [0.2, 0.25) is 0 Å². The summed E-state index contributed by atoms with van der Waals surface area (Å²) >= 11 is 0. The number of aryl methyl sites for hydroxylation is 1. The van der Waals surface area contributed by atoms with E-state index in [0.717, 1.165) is 5.56 Å². The van der Waals surface area contributed by atoms with Crippen molar-refractivity contribution in [2.24, 2.45) is 22.4 Å². The van der Waals surface area contributed by atoms with Crippen LogP contribution in [0.5, 0.6) is 0 Å². The average molecular weight is 333 g/mol. The van der Waals surface area contributed by atoms with Crippen molar-refractivity contribution in [2.45, 2.75) is 32.6 Å². The summed E-state index contributed by atoms with van der Waals surface area (Å²) in [5.74, 6) is -0.0933. The molecule has 1 aromatic carbocycles. The highest BCUT2D eigenvalue weighted by Gasteiger charge is 2.65. The van der Waals surface area contributed by atoms with Gasteiger partial charge in [0.25, 0.3) is 0 Å². The second-order valence-electron chi connectivity index (χ2n) is 6.83. The van der Waals surface area contributed by atoms with Crippen LogP contribution in [0.3, 0.4) is 0 Å². The normalized spacial score (nSPS) is 27.4. The van der Waals surface area contributed by atoms with Gasteiger partial charge in [0.05, 0.1) is 5.71 Å². The summed E-state index contributed by atoms with van der Waals surface area (Å²) in [5.41, 5.74) is 1.86. The zero-order valence-electron chi connectivity index (χ0n) is 13.5. The Morgan fingerprint density at radius 1 is 1.09 bits per heavy atom. The molecule has 1 fully saturated rings. The van der Waals surface area contributed by atoms with Gasteiger partial charge in [-0.05, 0) is 43.0 Å². The van der Waals surface area contributed by atoms with E-state index in [-0.39, 0.29) is 27.9 Å². The maximum atomic E-state index is 12.2. The van der Waals surface area contributed by atoms with Crippen molar-refractivity contribution >= 4 is 21.6 Å². The molecule has 5 nitrogen and oxygen atoms in total. The molecule has 0 bridgehead atoms. The molecule has 0 radical (unpaired) electrons. The second-order valence-corrected chi connectivity index (χ2v) is 8.35. The topological polar surface area (TPSA) is 72.8 Å². The maximum absolute atomic E-state index is 12.2. The third-order valence-electron chi connectivity index (χ3n) is 4.73. The second kappa shape index (κ2) is 5.03. The first-order valence-electron chi connectivity index (χ1n) is 7.45. The lowest BCUT2D eigenvalue weighted by atomic mass is 9.98. The van der Waals surface area contributed by atoms with Crippen molar-refractivity contribution in [1.29, 1.82) is 0 Å². The number of carbonyl (C=O) groups excluding carboxylic acids is 1. The van der Waals surface area contributed by atoms with E-state index in [0.29, 0.717) is 11.3 Å². The van der Waals surface area contributed by atoms with Crippen molar-refractivity contribution in [1.82, 2.24) is 0 Å². The van der Waals surface area contributed by atoms with E-state index in [1.807, 2.05) is 20.8 Å². The van der Waals surface area contributed by atoms with Crippen molar-refractivity contribution in [2.75, 3.05) is 0 Å². The van der Waals surface area contributed by atoms with Crippen LogP contribution in [-0.4, -0.2) is 19.9 Å². The van der Waals surface area contributed by atoms with Crippen LogP contribution in [0.15, 0.2) is 46.0 Å². The Balaban J connectivity index is 1.88. The van der Waals surface area contributed by atoms with Gasteiger partial charge in [0, 0.05) is 11.8 Å². The van der Waals surface area contributed by atoms with Crippen molar-refractivity contribution in [3.8, 4) is 0 Å². The van der Waals surface area contributed by atoms with Crippen LogP contribution < -0.4 is 0 Å². The number of ketones is 1. The van der Waals surface area contributed by atoms with Gasteiger partial charge in [0.15, 0.2) is 5.78 Å². The van der Waals surface area contributed by atoms with Gasteiger partial charge in [-0.2, -0.15) is 8.42 Å². The summed E-state index contributed by atoms with van der Waals surface area (Å²) < 4.78 is 29.3. The van der Waals surface area contributed by atoms with Crippen LogP contribution in [0.2, 0.25) is 0 Å². The fraction of sp³-hybridized carbons (Fsp3) is 0.412. The molecule has 1 saturated carbocycles. The molecular weight excluding hydrogens is 314 g/mol. The Hall–Kier alpha value is -1.95. The maximum Gasteiger partial charge on any atom is 0.358 e. The Morgan fingerprint density at radius 3 is 2.30 bits per heavy atom. The van der Waals surface area contributed by atoms with Crippen molar-refractivity contribution in [3.05, 3.63) is 41.5 Å². The lowest BCUT2D eigenvalue weighted by Gasteiger charge is -2.09. The number of benzene rings is 1. The summed E-state index contributed by atoms with van der Waals surface area (Å²) in [6.45, 7) is 7.56. The van der Waals surface area contributed by atoms with Crippen LogP contribution in [0, 0.1) is 24.2 Å². The third-order valence-corrected chi connectivity index (χ3v) is 5.85. The number of oxime groups is 1. The minimum atomic E-state index is -3.95. The quantitative estimate of drug-likeness (QED) is 0.797. The Bertz CT molecular complexity index is 832. The number of hydrogen-bond acceptors (Lipinski definition) is 5. The van der Waals surface area contributed by atoms with Crippen LogP contribution in [0.4, 0.5) is 0 Å². The van der Waals surface area contributed by atoms with Gasteiger partial charge < -0.3 is 0 Å². The number of carbonyl (C=O) groups is 1. The van der Waals surface area contributed by atoms with Gasteiger partial charge in [-0.1, -0.05) is 36.7 Å². The molecule has 122 valence electrons. The van der Waals surface area contributed by atoms with Gasteiger partial charge in [-0.25, -0.2) is 0 Å². The molecule has 1 aromatic rings. The highest BCUT2D eigenvalue weighted by atomic mass is 32.2. The van der Waals surface area contributed by atoms with Crippen LogP contribution in [-0.2, 0) is 19.2 Å². The van der Waals surface area contributed by atoms with Crippen molar-refractivity contribution in [3.63, 3.8) is 0 Å². The summed E-state index contributed by atoms with van der Waals surface area (Å²) in [4.78, 5) is 12.2. The van der Waals surface area contributed by atoms with Crippen molar-refractivity contribution < 1.29 is 17.5 Å². The Morgan fingerprint density at radius 2 is 1.70 bits per heavy atom. The largest absolute Gasteiger partial charge is 0.358 e. The SMILES string of the molecule is CC1=C/C(=N/OS(=O)(=O)c2ccc(C)cc2)[C@@H]2[C@H](C1=O)C2(C)C. The molecule has 0 N–H and O–H groups in total. The monoisotopic (exact) mass is 333 g/mol. The summed E-state index contributed by atoms with van der Waals surface area (Å²) in [5, 5.41) is 3.86. The molecule has 0 spiro atoms. The molecule has 0 saturated heterocycles. The lowest BCUT2D eigenvalue weighted by Crippen LogP contribution is -2.16. The van der Waals surface area contributed by atoms with E-state index in [4.69, 9.17) is 4.28 Å². The fourth-order valence-electron chi connectivity index (χ4n) is 3.23. The van der Waals surface area contributed by atoms with E-state index < -0.39 is 10.1 Å². The van der Waals surface area contributed by atoms with E-state index >= 15 is 0 Å². The van der Waals surface area contributed by atoms with Crippen LogP contribution in [0.1, 0.15) is 26.3 Å². The summed E-state index contributed by atoms with van der Waals surface area (Å²) in [7, 11) is -3.95. The standard InChI is InChI=1S/C17H19NO4S/c1-10-5-7-12(8-6-10)23(20,21)22-18-13-9-11(2)16(19)15-14(13)17(15,3)4/h5-9,14-15H,1-4H3/b18-13-/t14-,15-/m1/s1. The molecule has 0 heterocycles. The first-order chi connectivity index (χ1) is 10.6. The fourth-order valence-corrected chi connectivity index (χ4v) is 3.97. The number of nitrogens with zero attached hydrogens (tertiary/aromatic N) is 1. The number of rotatable bonds is 3. The predicted molar refractivity (Wildman–Crippen MR) is 86.4 cm³/mol. The highest BCUT2D eigenvalue weighted by Crippen LogP contribution is 2.61. The molecule has 6 heteroatoms. The molecule has 2 atom stereocenters.